The lowest BCUT2D eigenvalue weighted by molar-refractivity contribution is -0.123. The summed E-state index contributed by atoms with van der Waals surface area (Å²) in [6.45, 7) is 6.49. The number of hydrazine groups is 1. The maximum absolute atomic E-state index is 12.8. The van der Waals surface area contributed by atoms with Crippen molar-refractivity contribution in [1.29, 1.82) is 0 Å². The molecule has 0 unspecified atom stereocenters. The summed E-state index contributed by atoms with van der Waals surface area (Å²) in [5.41, 5.74) is 5.15. The van der Waals surface area contributed by atoms with Crippen LogP contribution in [0.25, 0.3) is 5.65 Å². The fourth-order valence-corrected chi connectivity index (χ4v) is 5.05. The number of carbonyl (C=O) groups is 3. The van der Waals surface area contributed by atoms with Crippen LogP contribution in [0.2, 0.25) is 0 Å². The lowest BCUT2D eigenvalue weighted by Gasteiger charge is -2.33. The second-order valence-corrected chi connectivity index (χ2v) is 10.8. The van der Waals surface area contributed by atoms with E-state index in [1.54, 1.807) is 9.42 Å². The second-order valence-electron chi connectivity index (χ2n) is 10.8. The molecule has 0 radical (unpaired) electrons. The summed E-state index contributed by atoms with van der Waals surface area (Å²) in [5, 5.41) is 4.35. The standard InChI is InChI=1S/C25H36N6O5/c1-25(2,3)36-24(35)30-11-9-17(10-12-30)19-14-20(32)27-22-18(15-26-31(19)22)23(34)29-28-21(33)13-16-7-5-4-6-8-16/h14-17H,4-13H2,1-3H3,(H,27,32)(H,28,33)(H,29,34). The van der Waals surface area contributed by atoms with E-state index in [2.05, 4.69) is 20.9 Å². The van der Waals surface area contributed by atoms with Gasteiger partial charge >= 0.3 is 6.09 Å². The van der Waals surface area contributed by atoms with Crippen LogP contribution in [0, 0.1) is 5.92 Å². The van der Waals surface area contributed by atoms with Gasteiger partial charge in [0.25, 0.3) is 11.5 Å². The maximum atomic E-state index is 12.8. The predicted octanol–water partition coefficient (Wildman–Crippen LogP) is 2.87. The number of nitrogens with one attached hydrogen (secondary N) is 3. The van der Waals surface area contributed by atoms with E-state index in [1.807, 2.05) is 20.8 Å². The third-order valence-corrected chi connectivity index (χ3v) is 6.86. The van der Waals surface area contributed by atoms with E-state index in [1.165, 1.54) is 18.7 Å². The number of likely N-dealkylation sites (tertiary alicyclic amines) is 1. The van der Waals surface area contributed by atoms with Crippen molar-refractivity contribution in [2.45, 2.75) is 83.7 Å². The fourth-order valence-electron chi connectivity index (χ4n) is 5.05. The molecule has 0 atom stereocenters. The molecule has 1 aliphatic carbocycles. The molecular weight excluding hydrogens is 464 g/mol. The number of fused-ring (bicyclic) bond motifs is 1. The molecule has 4 rings (SSSR count). The third kappa shape index (κ3) is 6.24. The van der Waals surface area contributed by atoms with Crippen LogP contribution in [0.3, 0.4) is 0 Å². The minimum absolute atomic E-state index is 0.0144. The Kier molecular flexibility index (Phi) is 7.65. The number of ether oxygens (including phenoxy) is 1. The van der Waals surface area contributed by atoms with Crippen LogP contribution in [-0.2, 0) is 9.53 Å². The average molecular weight is 501 g/mol. The normalized spacial score (nSPS) is 17.7. The van der Waals surface area contributed by atoms with Gasteiger partial charge in [0.05, 0.1) is 11.9 Å². The predicted molar refractivity (Wildman–Crippen MR) is 132 cm³/mol. The Morgan fingerprint density at radius 1 is 1.08 bits per heavy atom. The molecule has 11 heteroatoms. The Labute approximate surface area is 209 Å². The number of rotatable bonds is 4. The fraction of sp³-hybridized carbons (Fsp3) is 0.640. The SMILES string of the molecule is CC(C)(C)OC(=O)N1CCC(c2cc(=O)[nH]c3c(C(=O)NNC(=O)CC4CCCCC4)cnn23)CC1. The van der Waals surface area contributed by atoms with Gasteiger partial charge in [-0.25, -0.2) is 9.31 Å². The summed E-state index contributed by atoms with van der Waals surface area (Å²) in [6, 6.07) is 1.49. The Balaban J connectivity index is 1.41. The first-order chi connectivity index (χ1) is 17.1. The number of carbonyl (C=O) groups excluding carboxylic acids is 3. The van der Waals surface area contributed by atoms with Crippen molar-refractivity contribution >= 4 is 23.6 Å². The zero-order valence-corrected chi connectivity index (χ0v) is 21.3. The highest BCUT2D eigenvalue weighted by molar-refractivity contribution is 6.00. The molecule has 11 nitrogen and oxygen atoms in total. The van der Waals surface area contributed by atoms with E-state index in [9.17, 15) is 19.2 Å². The highest BCUT2D eigenvalue weighted by Crippen LogP contribution is 2.29. The molecule has 2 aromatic heterocycles. The molecular formula is C25H36N6O5. The molecule has 1 saturated carbocycles. The van der Waals surface area contributed by atoms with Crippen molar-refractivity contribution in [2.75, 3.05) is 13.1 Å². The topological polar surface area (TPSA) is 138 Å². The summed E-state index contributed by atoms with van der Waals surface area (Å²) in [5.74, 6) is -0.431. The Morgan fingerprint density at radius 3 is 2.44 bits per heavy atom. The van der Waals surface area contributed by atoms with Crippen LogP contribution in [0.15, 0.2) is 17.1 Å². The van der Waals surface area contributed by atoms with Gasteiger partial charge in [-0.3, -0.25) is 25.2 Å². The summed E-state index contributed by atoms with van der Waals surface area (Å²) in [4.78, 5) is 54.3. The Hall–Kier alpha value is -3.37. The smallest absolute Gasteiger partial charge is 0.410 e. The van der Waals surface area contributed by atoms with Gasteiger partial charge in [0.15, 0.2) is 0 Å². The van der Waals surface area contributed by atoms with Gasteiger partial charge in [0, 0.05) is 31.5 Å². The molecule has 36 heavy (non-hydrogen) atoms. The van der Waals surface area contributed by atoms with Gasteiger partial charge in [-0.2, -0.15) is 5.10 Å². The summed E-state index contributed by atoms with van der Waals surface area (Å²) in [7, 11) is 0. The quantitative estimate of drug-likeness (QED) is 0.552. The van der Waals surface area contributed by atoms with Gasteiger partial charge in [-0.05, 0) is 52.4 Å². The van der Waals surface area contributed by atoms with Crippen molar-refractivity contribution < 1.29 is 19.1 Å². The van der Waals surface area contributed by atoms with E-state index in [4.69, 9.17) is 4.74 Å². The first-order valence-corrected chi connectivity index (χ1v) is 12.8. The van der Waals surface area contributed by atoms with Crippen LogP contribution < -0.4 is 16.4 Å². The minimum Gasteiger partial charge on any atom is -0.444 e. The van der Waals surface area contributed by atoms with Gasteiger partial charge in [-0.1, -0.05) is 19.3 Å². The number of H-pyrrole nitrogens is 1. The number of piperidine rings is 1. The number of hydrogen-bond acceptors (Lipinski definition) is 6. The van der Waals surface area contributed by atoms with E-state index in [0.29, 0.717) is 44.0 Å². The largest absolute Gasteiger partial charge is 0.444 e. The summed E-state index contributed by atoms with van der Waals surface area (Å²) in [6.07, 6.45) is 8.27. The first kappa shape index (κ1) is 25.7. The van der Waals surface area contributed by atoms with Crippen LogP contribution in [-0.4, -0.2) is 56.1 Å². The molecule has 2 aromatic rings. The van der Waals surface area contributed by atoms with Crippen molar-refractivity contribution in [3.8, 4) is 0 Å². The van der Waals surface area contributed by atoms with Crippen LogP contribution in [0.1, 0.15) is 94.1 Å². The van der Waals surface area contributed by atoms with Crippen LogP contribution >= 0.6 is 0 Å². The molecule has 196 valence electrons. The Morgan fingerprint density at radius 2 is 1.78 bits per heavy atom. The first-order valence-electron chi connectivity index (χ1n) is 12.8. The molecule has 3 heterocycles. The molecule has 3 amide bonds. The molecule has 1 aliphatic heterocycles. The maximum Gasteiger partial charge on any atom is 0.410 e. The van der Waals surface area contributed by atoms with E-state index in [-0.39, 0.29) is 34.7 Å². The highest BCUT2D eigenvalue weighted by Gasteiger charge is 2.29. The number of aromatic nitrogens is 3. The highest BCUT2D eigenvalue weighted by atomic mass is 16.6. The van der Waals surface area contributed by atoms with Crippen LogP contribution in [0.4, 0.5) is 4.79 Å². The molecule has 2 aliphatic rings. The van der Waals surface area contributed by atoms with Crippen molar-refractivity contribution in [2.24, 2.45) is 5.92 Å². The number of hydrogen-bond donors (Lipinski definition) is 3. The van der Waals surface area contributed by atoms with Crippen molar-refractivity contribution in [3.63, 3.8) is 0 Å². The van der Waals surface area contributed by atoms with E-state index < -0.39 is 11.5 Å². The minimum atomic E-state index is -0.561. The van der Waals surface area contributed by atoms with E-state index >= 15 is 0 Å². The van der Waals surface area contributed by atoms with Gasteiger partial charge in [0.2, 0.25) is 5.91 Å². The zero-order valence-electron chi connectivity index (χ0n) is 21.3. The average Bonchev–Trinajstić information content (AvgIpc) is 3.25. The number of aromatic amines is 1. The molecule has 0 aromatic carbocycles. The van der Waals surface area contributed by atoms with E-state index in [0.717, 1.165) is 25.7 Å². The lowest BCUT2D eigenvalue weighted by Crippen LogP contribution is -2.42. The molecule has 3 N–H and O–H groups in total. The van der Waals surface area contributed by atoms with Crippen molar-refractivity contribution in [3.05, 3.63) is 33.9 Å². The lowest BCUT2D eigenvalue weighted by atomic mass is 9.87. The monoisotopic (exact) mass is 500 g/mol. The number of nitrogens with zero attached hydrogens (tertiary/aromatic N) is 3. The molecule has 0 spiro atoms. The van der Waals surface area contributed by atoms with Crippen molar-refractivity contribution in [1.82, 2.24) is 30.3 Å². The molecule has 1 saturated heterocycles. The van der Waals surface area contributed by atoms with Crippen LogP contribution in [0.5, 0.6) is 0 Å². The van der Waals surface area contributed by atoms with Gasteiger partial charge in [-0.15, -0.1) is 0 Å². The Bertz CT molecular complexity index is 1170. The number of amides is 3. The second kappa shape index (κ2) is 10.7. The summed E-state index contributed by atoms with van der Waals surface area (Å²) >= 11 is 0. The van der Waals surface area contributed by atoms with Gasteiger partial charge < -0.3 is 14.6 Å². The molecule has 2 fully saturated rings. The third-order valence-electron chi connectivity index (χ3n) is 6.86. The summed E-state index contributed by atoms with van der Waals surface area (Å²) < 4.78 is 7.02. The zero-order chi connectivity index (χ0) is 25.9. The van der Waals surface area contributed by atoms with Gasteiger partial charge in [0.1, 0.15) is 16.8 Å². The molecule has 0 bridgehead atoms.